The molecule has 0 saturated carbocycles. The average Bonchev–Trinajstić information content (AvgIpc) is 3.21. The highest BCUT2D eigenvalue weighted by molar-refractivity contribution is 5.98. The van der Waals surface area contributed by atoms with Gasteiger partial charge in [-0.1, -0.05) is 6.07 Å². The fraction of sp³-hybridized carbons (Fsp3) is 0.200. The van der Waals surface area contributed by atoms with Gasteiger partial charge in [0.2, 0.25) is 5.91 Å². The van der Waals surface area contributed by atoms with E-state index in [9.17, 15) is 9.18 Å². The van der Waals surface area contributed by atoms with E-state index in [4.69, 9.17) is 14.9 Å². The van der Waals surface area contributed by atoms with E-state index in [2.05, 4.69) is 5.32 Å². The zero-order chi connectivity index (χ0) is 22.1. The molecule has 3 aromatic carbocycles. The third-order valence-electron chi connectivity index (χ3n) is 5.76. The van der Waals surface area contributed by atoms with Gasteiger partial charge in [-0.3, -0.25) is 4.79 Å². The Morgan fingerprint density at radius 2 is 1.78 bits per heavy atom. The van der Waals surface area contributed by atoms with Gasteiger partial charge in [0.1, 0.15) is 19.0 Å². The van der Waals surface area contributed by atoms with Crippen molar-refractivity contribution in [3.63, 3.8) is 0 Å². The Bertz CT molecular complexity index is 1180. The van der Waals surface area contributed by atoms with E-state index >= 15 is 0 Å². The highest BCUT2D eigenvalue weighted by Gasteiger charge is 2.34. The molecule has 1 saturated heterocycles. The monoisotopic (exact) mass is 431 g/mol. The van der Waals surface area contributed by atoms with Crippen LogP contribution in [0.15, 0.2) is 60.7 Å². The number of hydrogen-bond acceptors (Lipinski definition) is 5. The summed E-state index contributed by atoms with van der Waals surface area (Å²) in [6.07, 6.45) is 2.40. The van der Waals surface area contributed by atoms with Gasteiger partial charge in [0.25, 0.3) is 0 Å². The van der Waals surface area contributed by atoms with Crippen molar-refractivity contribution < 1.29 is 18.7 Å². The molecule has 2 heterocycles. The van der Waals surface area contributed by atoms with Gasteiger partial charge in [0.15, 0.2) is 11.5 Å². The van der Waals surface area contributed by atoms with Crippen LogP contribution in [0, 0.1) is 11.2 Å². The van der Waals surface area contributed by atoms with Crippen LogP contribution in [0.1, 0.15) is 30.0 Å². The van der Waals surface area contributed by atoms with Crippen molar-refractivity contribution in [2.24, 2.45) is 0 Å². The number of carbonyl (C=O) groups excluding carboxylic acids is 1. The van der Waals surface area contributed by atoms with Crippen LogP contribution in [0.5, 0.6) is 11.5 Å². The summed E-state index contributed by atoms with van der Waals surface area (Å²) in [7, 11) is 0. The highest BCUT2D eigenvalue weighted by Crippen LogP contribution is 2.41. The first-order valence-corrected chi connectivity index (χ1v) is 10.5. The largest absolute Gasteiger partial charge is 0.486 e. The molecule has 5 rings (SSSR count). The maximum Gasteiger partial charge on any atom is 0.227 e. The van der Waals surface area contributed by atoms with Crippen LogP contribution in [0.3, 0.4) is 0 Å². The molecule has 1 atom stereocenters. The highest BCUT2D eigenvalue weighted by atomic mass is 19.1. The van der Waals surface area contributed by atoms with E-state index in [1.165, 1.54) is 18.3 Å². The second-order valence-electron chi connectivity index (χ2n) is 7.77. The van der Waals surface area contributed by atoms with Gasteiger partial charge in [0.05, 0.1) is 6.04 Å². The number of carbonyl (C=O) groups is 1. The molecule has 0 aliphatic carbocycles. The van der Waals surface area contributed by atoms with E-state index in [1.54, 1.807) is 17.0 Å². The summed E-state index contributed by atoms with van der Waals surface area (Å²) in [6, 6.07) is 17.3. The third kappa shape index (κ3) is 3.77. The molecule has 1 amide bonds. The summed E-state index contributed by atoms with van der Waals surface area (Å²) < 4.78 is 24.5. The minimum atomic E-state index is -0.309. The molecule has 0 bridgehead atoms. The fourth-order valence-electron chi connectivity index (χ4n) is 4.21. The van der Waals surface area contributed by atoms with E-state index < -0.39 is 0 Å². The summed E-state index contributed by atoms with van der Waals surface area (Å²) in [5.74, 6) is 1.15. The van der Waals surface area contributed by atoms with Gasteiger partial charge in [-0.05, 0) is 66.6 Å². The van der Waals surface area contributed by atoms with Gasteiger partial charge in [-0.25, -0.2) is 4.39 Å². The van der Waals surface area contributed by atoms with E-state index in [0.717, 1.165) is 17.0 Å². The molecular weight excluding hydrogens is 409 g/mol. The number of benzene rings is 3. The number of anilines is 3. The SMILES string of the molecule is N=Cc1cc(N2C(=O)CCC2c2ccc3c(c2)OCCO3)ccc1Nc1ccc(F)cc1. The predicted molar refractivity (Wildman–Crippen MR) is 121 cm³/mol. The van der Waals surface area contributed by atoms with Crippen molar-refractivity contribution in [1.82, 2.24) is 0 Å². The lowest BCUT2D eigenvalue weighted by Crippen LogP contribution is -2.27. The Labute approximate surface area is 185 Å². The van der Waals surface area contributed by atoms with Gasteiger partial charge < -0.3 is 25.1 Å². The Kier molecular flexibility index (Phi) is 5.23. The first-order chi connectivity index (χ1) is 15.6. The lowest BCUT2D eigenvalue weighted by molar-refractivity contribution is -0.117. The summed E-state index contributed by atoms with van der Waals surface area (Å²) in [5, 5.41) is 11.1. The zero-order valence-electron chi connectivity index (χ0n) is 17.3. The maximum atomic E-state index is 13.2. The summed E-state index contributed by atoms with van der Waals surface area (Å²) in [6.45, 7) is 1.04. The summed E-state index contributed by atoms with van der Waals surface area (Å²) >= 11 is 0. The number of ether oxygens (including phenoxy) is 2. The quantitative estimate of drug-likeness (QED) is 0.544. The van der Waals surface area contributed by atoms with Crippen LogP contribution < -0.4 is 19.7 Å². The summed E-state index contributed by atoms with van der Waals surface area (Å²) in [5.41, 5.74) is 3.78. The third-order valence-corrected chi connectivity index (χ3v) is 5.76. The molecular formula is C25H22FN3O3. The molecule has 2 aliphatic rings. The van der Waals surface area contributed by atoms with Crippen molar-refractivity contribution in [2.75, 3.05) is 23.4 Å². The van der Waals surface area contributed by atoms with Crippen LogP contribution in [-0.4, -0.2) is 25.3 Å². The molecule has 1 unspecified atom stereocenters. The fourth-order valence-corrected chi connectivity index (χ4v) is 4.21. The zero-order valence-corrected chi connectivity index (χ0v) is 17.3. The number of fused-ring (bicyclic) bond motifs is 1. The molecule has 162 valence electrons. The smallest absolute Gasteiger partial charge is 0.227 e. The number of nitrogens with zero attached hydrogens (tertiary/aromatic N) is 1. The number of nitrogens with one attached hydrogen (secondary N) is 2. The second-order valence-corrected chi connectivity index (χ2v) is 7.77. The van der Waals surface area contributed by atoms with Crippen molar-refractivity contribution in [1.29, 1.82) is 5.41 Å². The normalized spacial score (nSPS) is 17.3. The number of halogens is 1. The van der Waals surface area contributed by atoms with Gasteiger partial charge in [-0.2, -0.15) is 0 Å². The van der Waals surface area contributed by atoms with Crippen LogP contribution in [0.4, 0.5) is 21.5 Å². The van der Waals surface area contributed by atoms with Crippen LogP contribution >= 0.6 is 0 Å². The number of hydrogen-bond donors (Lipinski definition) is 2. The molecule has 0 aromatic heterocycles. The van der Waals surface area contributed by atoms with Crippen molar-refractivity contribution >= 4 is 29.2 Å². The van der Waals surface area contributed by atoms with E-state index in [-0.39, 0.29) is 17.8 Å². The summed E-state index contributed by atoms with van der Waals surface area (Å²) in [4.78, 5) is 14.6. The molecule has 0 radical (unpaired) electrons. The minimum Gasteiger partial charge on any atom is -0.486 e. The molecule has 2 N–H and O–H groups in total. The van der Waals surface area contributed by atoms with Crippen molar-refractivity contribution in [3.8, 4) is 11.5 Å². The predicted octanol–water partition coefficient (Wildman–Crippen LogP) is 5.21. The minimum absolute atomic E-state index is 0.0417. The molecule has 3 aromatic rings. The maximum absolute atomic E-state index is 13.2. The van der Waals surface area contributed by atoms with E-state index in [1.807, 2.05) is 36.4 Å². The van der Waals surface area contributed by atoms with E-state index in [0.29, 0.717) is 48.7 Å². The van der Waals surface area contributed by atoms with Gasteiger partial charge >= 0.3 is 0 Å². The van der Waals surface area contributed by atoms with Gasteiger partial charge in [0, 0.05) is 35.3 Å². The Morgan fingerprint density at radius 3 is 2.56 bits per heavy atom. The molecule has 2 aliphatic heterocycles. The molecule has 32 heavy (non-hydrogen) atoms. The number of rotatable bonds is 5. The topological polar surface area (TPSA) is 74.7 Å². The molecule has 6 nitrogen and oxygen atoms in total. The van der Waals surface area contributed by atoms with Crippen LogP contribution in [0.2, 0.25) is 0 Å². The van der Waals surface area contributed by atoms with Crippen molar-refractivity contribution in [2.45, 2.75) is 18.9 Å². The second kappa shape index (κ2) is 8.34. The first kappa shape index (κ1) is 20.1. The lowest BCUT2D eigenvalue weighted by atomic mass is 10.0. The first-order valence-electron chi connectivity index (χ1n) is 10.5. The van der Waals surface area contributed by atoms with Crippen molar-refractivity contribution in [3.05, 3.63) is 77.6 Å². The van der Waals surface area contributed by atoms with Crippen LogP contribution in [0.25, 0.3) is 0 Å². The van der Waals surface area contributed by atoms with Gasteiger partial charge in [-0.15, -0.1) is 0 Å². The molecule has 0 spiro atoms. The molecule has 1 fully saturated rings. The van der Waals surface area contributed by atoms with Crippen LogP contribution in [-0.2, 0) is 4.79 Å². The standard InChI is InChI=1S/C25H22FN3O3/c26-18-2-4-19(5-3-18)28-21-7-6-20(13-17(21)15-27)29-22(8-10-25(29)30)16-1-9-23-24(14-16)32-12-11-31-23/h1-7,9,13-15,22,27-28H,8,10-12H2. The number of amides is 1. The molecule has 7 heteroatoms. The lowest BCUT2D eigenvalue weighted by Gasteiger charge is -2.27. The Hall–Kier alpha value is -3.87. The Balaban J connectivity index is 1.45. The average molecular weight is 431 g/mol. The Morgan fingerprint density at radius 1 is 1.00 bits per heavy atom.